The van der Waals surface area contributed by atoms with Gasteiger partial charge in [0.15, 0.2) is 5.84 Å². The topological polar surface area (TPSA) is 46.3 Å². The first-order valence-corrected chi connectivity index (χ1v) is 3.32. The number of nitrogens with zero attached hydrogens (tertiary/aromatic N) is 3. The fourth-order valence-electron chi connectivity index (χ4n) is 0.961. The van der Waals surface area contributed by atoms with Gasteiger partial charge >= 0.3 is 0 Å². The molecule has 0 fully saturated rings. The molecule has 1 unspecified atom stereocenters. The summed E-state index contributed by atoms with van der Waals surface area (Å²) >= 11 is 0. The van der Waals surface area contributed by atoms with Crippen LogP contribution in [0.25, 0.3) is 0 Å². The highest BCUT2D eigenvalue weighted by Crippen LogP contribution is 2.12. The third-order valence-corrected chi connectivity index (χ3v) is 1.48. The van der Waals surface area contributed by atoms with E-state index in [0.29, 0.717) is 18.3 Å². The van der Waals surface area contributed by atoms with Gasteiger partial charge in [-0.1, -0.05) is 0 Å². The first kappa shape index (κ1) is 6.27. The van der Waals surface area contributed by atoms with Crippen LogP contribution in [0, 0.1) is 0 Å². The summed E-state index contributed by atoms with van der Waals surface area (Å²) in [6.45, 7) is 4.08. The fourth-order valence-corrected chi connectivity index (χ4v) is 0.961. The minimum Gasteiger partial charge on any atom is -0.475 e. The predicted molar refractivity (Wildman–Crippen MR) is 43.3 cm³/mol. The van der Waals surface area contributed by atoms with E-state index >= 15 is 0 Å². The second kappa shape index (κ2) is 2.30. The van der Waals surface area contributed by atoms with Gasteiger partial charge in [0.05, 0.1) is 0 Å². The van der Waals surface area contributed by atoms with Crippen molar-refractivity contribution in [3.8, 4) is 0 Å². The molecule has 0 saturated heterocycles. The summed E-state index contributed by atoms with van der Waals surface area (Å²) in [7, 11) is 0. The Morgan fingerprint density at radius 2 is 2.45 bits per heavy atom. The van der Waals surface area contributed by atoms with E-state index in [2.05, 4.69) is 21.6 Å². The van der Waals surface area contributed by atoms with E-state index < -0.39 is 0 Å². The number of hydrogen-bond donors (Lipinski definition) is 0. The Balaban J connectivity index is 2.33. The monoisotopic (exact) mass is 149 g/mol. The van der Waals surface area contributed by atoms with Gasteiger partial charge in [0, 0.05) is 12.4 Å². The molecular formula is C7H7N3O. The standard InChI is InChI=1S/C7H7N3O/c1-5-10-7-6(4-11-5)8-2-3-9-7/h2-3,6H,1,4H2. The van der Waals surface area contributed by atoms with Gasteiger partial charge in [-0.2, -0.15) is 4.99 Å². The predicted octanol–water partition coefficient (Wildman–Crippen LogP) is 0.410. The lowest BCUT2D eigenvalue weighted by Crippen LogP contribution is -2.29. The summed E-state index contributed by atoms with van der Waals surface area (Å²) in [5.74, 6) is 1.12. The summed E-state index contributed by atoms with van der Waals surface area (Å²) in [4.78, 5) is 12.1. The minimum atomic E-state index is -0.0227. The zero-order valence-electron chi connectivity index (χ0n) is 5.90. The molecule has 1 atom stereocenters. The van der Waals surface area contributed by atoms with E-state index in [9.17, 15) is 0 Å². The molecule has 0 spiro atoms. The van der Waals surface area contributed by atoms with Crippen molar-refractivity contribution < 1.29 is 4.74 Å². The van der Waals surface area contributed by atoms with Crippen molar-refractivity contribution in [2.24, 2.45) is 15.0 Å². The first-order chi connectivity index (χ1) is 5.36. The van der Waals surface area contributed by atoms with E-state index in [4.69, 9.17) is 4.74 Å². The zero-order valence-corrected chi connectivity index (χ0v) is 5.90. The molecule has 2 aliphatic rings. The van der Waals surface area contributed by atoms with Gasteiger partial charge in [-0.25, -0.2) is 4.99 Å². The third-order valence-electron chi connectivity index (χ3n) is 1.48. The van der Waals surface area contributed by atoms with Crippen LogP contribution in [-0.4, -0.2) is 30.9 Å². The van der Waals surface area contributed by atoms with Crippen molar-refractivity contribution in [1.29, 1.82) is 0 Å². The number of ether oxygens (including phenoxy) is 1. The van der Waals surface area contributed by atoms with Gasteiger partial charge in [-0.05, 0) is 6.58 Å². The molecule has 0 aromatic rings. The molecular weight excluding hydrogens is 142 g/mol. The fraction of sp³-hybridized carbons (Fsp3) is 0.286. The molecule has 2 rings (SSSR count). The molecule has 0 aliphatic carbocycles. The van der Waals surface area contributed by atoms with Gasteiger partial charge in [0.25, 0.3) is 0 Å². The molecule has 0 aromatic heterocycles. The molecule has 2 heterocycles. The van der Waals surface area contributed by atoms with E-state index in [-0.39, 0.29) is 6.04 Å². The van der Waals surface area contributed by atoms with Crippen LogP contribution < -0.4 is 0 Å². The van der Waals surface area contributed by atoms with E-state index in [1.165, 1.54) is 0 Å². The molecule has 0 aromatic carbocycles. The molecule has 0 amide bonds. The van der Waals surface area contributed by atoms with E-state index in [0.717, 1.165) is 0 Å². The average molecular weight is 149 g/mol. The van der Waals surface area contributed by atoms with Crippen LogP contribution in [0.15, 0.2) is 27.4 Å². The number of amidine groups is 1. The van der Waals surface area contributed by atoms with Crippen LogP contribution in [-0.2, 0) is 4.74 Å². The highest BCUT2D eigenvalue weighted by atomic mass is 16.5. The Hall–Kier alpha value is -1.45. The number of aliphatic imine (C=N–C) groups is 3. The maximum Gasteiger partial charge on any atom is 0.207 e. The van der Waals surface area contributed by atoms with Crippen LogP contribution in [0.5, 0.6) is 0 Å². The summed E-state index contributed by atoms with van der Waals surface area (Å²) in [5, 5.41) is 0. The van der Waals surface area contributed by atoms with Crippen LogP contribution in [0.4, 0.5) is 0 Å². The van der Waals surface area contributed by atoms with Crippen LogP contribution >= 0.6 is 0 Å². The first-order valence-electron chi connectivity index (χ1n) is 3.32. The van der Waals surface area contributed by atoms with Crippen LogP contribution in [0.2, 0.25) is 0 Å². The van der Waals surface area contributed by atoms with Crippen molar-refractivity contribution in [3.63, 3.8) is 0 Å². The van der Waals surface area contributed by atoms with Crippen molar-refractivity contribution >= 4 is 18.3 Å². The third kappa shape index (κ3) is 1.07. The molecule has 0 saturated carbocycles. The van der Waals surface area contributed by atoms with Crippen LogP contribution in [0.1, 0.15) is 0 Å². The summed E-state index contributed by atoms with van der Waals surface area (Å²) < 4.78 is 5.08. The lowest BCUT2D eigenvalue weighted by atomic mass is 10.2. The van der Waals surface area contributed by atoms with Gasteiger partial charge in [-0.3, -0.25) is 4.99 Å². The van der Waals surface area contributed by atoms with E-state index in [1.807, 2.05) is 0 Å². The SMILES string of the molecule is C=C1N=C2N=CC=NC2CO1. The minimum absolute atomic E-state index is 0.0227. The highest BCUT2D eigenvalue weighted by Gasteiger charge is 2.21. The maximum atomic E-state index is 5.08. The quantitative estimate of drug-likeness (QED) is 0.492. The summed E-state index contributed by atoms with van der Waals surface area (Å²) in [5.41, 5.74) is 0. The molecule has 2 aliphatic heterocycles. The van der Waals surface area contributed by atoms with Crippen molar-refractivity contribution in [2.75, 3.05) is 6.61 Å². The number of hydrogen-bond acceptors (Lipinski definition) is 4. The Labute approximate surface area is 64.0 Å². The lowest BCUT2D eigenvalue weighted by Gasteiger charge is -2.19. The lowest BCUT2D eigenvalue weighted by molar-refractivity contribution is 0.199. The van der Waals surface area contributed by atoms with Gasteiger partial charge < -0.3 is 4.74 Å². The van der Waals surface area contributed by atoms with Crippen molar-refractivity contribution in [3.05, 3.63) is 12.5 Å². The van der Waals surface area contributed by atoms with E-state index in [1.54, 1.807) is 12.4 Å². The summed E-state index contributed by atoms with van der Waals surface area (Å²) in [6, 6.07) is -0.0227. The molecule has 11 heavy (non-hydrogen) atoms. The Morgan fingerprint density at radius 3 is 3.36 bits per heavy atom. The molecule has 4 heteroatoms. The zero-order chi connectivity index (χ0) is 7.68. The largest absolute Gasteiger partial charge is 0.475 e. The van der Waals surface area contributed by atoms with Crippen molar-refractivity contribution in [1.82, 2.24) is 0 Å². The van der Waals surface area contributed by atoms with Gasteiger partial charge in [-0.15, -0.1) is 0 Å². The molecule has 0 N–H and O–H groups in total. The molecule has 56 valence electrons. The maximum absolute atomic E-state index is 5.08. The summed E-state index contributed by atoms with van der Waals surface area (Å²) in [6.07, 6.45) is 3.27. The second-order valence-electron chi connectivity index (χ2n) is 2.27. The van der Waals surface area contributed by atoms with Crippen LogP contribution in [0.3, 0.4) is 0 Å². The highest BCUT2D eigenvalue weighted by molar-refractivity contribution is 6.22. The Kier molecular flexibility index (Phi) is 1.31. The molecule has 4 nitrogen and oxygen atoms in total. The number of rotatable bonds is 0. The Morgan fingerprint density at radius 1 is 1.55 bits per heavy atom. The smallest absolute Gasteiger partial charge is 0.207 e. The molecule has 0 radical (unpaired) electrons. The van der Waals surface area contributed by atoms with Crippen molar-refractivity contribution in [2.45, 2.75) is 6.04 Å². The number of fused-ring (bicyclic) bond motifs is 1. The second-order valence-corrected chi connectivity index (χ2v) is 2.27. The molecule has 0 bridgehead atoms. The normalized spacial score (nSPS) is 27.5. The average Bonchev–Trinajstić information content (AvgIpc) is 2.04. The van der Waals surface area contributed by atoms with Gasteiger partial charge in [0.2, 0.25) is 5.88 Å². The van der Waals surface area contributed by atoms with Gasteiger partial charge in [0.1, 0.15) is 12.6 Å². The Bertz CT molecular complexity index is 277.